The lowest BCUT2D eigenvalue weighted by Crippen LogP contribution is -2.39. The van der Waals surface area contributed by atoms with Crippen molar-refractivity contribution < 1.29 is 9.13 Å². The molecular weight excluding hydrogens is 509 g/mol. The second kappa shape index (κ2) is 8.85. The number of thiophene rings is 1. The summed E-state index contributed by atoms with van der Waals surface area (Å²) in [6, 6.07) is 6.22. The first-order chi connectivity index (χ1) is 17.3. The van der Waals surface area contributed by atoms with Crippen LogP contribution < -0.4 is 16.0 Å². The number of nitrogens with zero attached hydrogens (tertiary/aromatic N) is 7. The van der Waals surface area contributed by atoms with Crippen molar-refractivity contribution in [2.45, 2.75) is 19.9 Å². The van der Waals surface area contributed by atoms with Gasteiger partial charge in [0.15, 0.2) is 17.4 Å². The molecule has 5 rings (SSSR count). The first kappa shape index (κ1) is 23.7. The first-order valence-corrected chi connectivity index (χ1v) is 11.8. The molecule has 4 aromatic heterocycles. The number of aryl methyl sites for hydroxylation is 3. The fourth-order valence-corrected chi connectivity index (χ4v) is 5.58. The lowest BCUT2D eigenvalue weighted by Gasteiger charge is -2.11. The summed E-state index contributed by atoms with van der Waals surface area (Å²) >= 11 is 7.40. The Bertz CT molecular complexity index is 1850. The van der Waals surface area contributed by atoms with Crippen LogP contribution in [0.3, 0.4) is 0 Å². The third-order valence-electron chi connectivity index (χ3n) is 5.81. The van der Waals surface area contributed by atoms with E-state index in [1.165, 1.54) is 28.6 Å². The Kier molecular flexibility index (Phi) is 5.82. The van der Waals surface area contributed by atoms with Crippen LogP contribution in [-0.2, 0) is 13.6 Å². The minimum atomic E-state index is -0.671. The van der Waals surface area contributed by atoms with Crippen molar-refractivity contribution in [3.63, 3.8) is 0 Å². The highest BCUT2D eigenvalue weighted by Gasteiger charge is 2.23. The Labute approximate surface area is 211 Å². The van der Waals surface area contributed by atoms with Crippen LogP contribution in [0, 0.1) is 24.1 Å². The number of hydrogen-bond donors (Lipinski definition) is 0. The molecule has 182 valence electrons. The molecule has 0 aliphatic heterocycles. The summed E-state index contributed by atoms with van der Waals surface area (Å²) in [5.41, 5.74) is 0.625. The predicted octanol–water partition coefficient (Wildman–Crippen LogP) is 3.58. The Balaban J connectivity index is 1.86. The topological polar surface area (TPSA) is 121 Å². The number of halogens is 2. The summed E-state index contributed by atoms with van der Waals surface area (Å²) in [6.45, 7) is 1.83. The number of fused-ring (bicyclic) bond motifs is 2. The number of rotatable bonds is 5. The molecule has 0 bridgehead atoms. The largest absolute Gasteiger partial charge is 0.494 e. The summed E-state index contributed by atoms with van der Waals surface area (Å²) in [4.78, 5) is 27.9. The van der Waals surface area contributed by atoms with Crippen LogP contribution in [0.2, 0.25) is 5.02 Å². The first-order valence-electron chi connectivity index (χ1n) is 10.6. The van der Waals surface area contributed by atoms with E-state index in [4.69, 9.17) is 16.3 Å². The fraction of sp³-hybridized carbons (Fsp3) is 0.217. The predicted molar refractivity (Wildman–Crippen MR) is 133 cm³/mol. The van der Waals surface area contributed by atoms with Crippen molar-refractivity contribution in [2.24, 2.45) is 7.05 Å². The second-order valence-corrected chi connectivity index (χ2v) is 9.37. The number of hydrogen-bond acceptors (Lipinski definition) is 8. The molecule has 1 aromatic carbocycles. The molecular formula is C23H17ClFN7O3S. The van der Waals surface area contributed by atoms with Crippen molar-refractivity contribution in [3.8, 4) is 28.1 Å². The van der Waals surface area contributed by atoms with Crippen LogP contribution in [0.15, 0.2) is 34.0 Å². The van der Waals surface area contributed by atoms with Gasteiger partial charge in [0.2, 0.25) is 0 Å². The maximum Gasteiger partial charge on any atom is 0.337 e. The molecule has 0 aliphatic rings. The monoisotopic (exact) mass is 525 g/mol. The smallest absolute Gasteiger partial charge is 0.337 e. The van der Waals surface area contributed by atoms with E-state index in [0.717, 1.165) is 22.0 Å². The van der Waals surface area contributed by atoms with Gasteiger partial charge < -0.3 is 4.74 Å². The molecule has 0 fully saturated rings. The maximum atomic E-state index is 14.1. The van der Waals surface area contributed by atoms with E-state index >= 15 is 0 Å². The molecule has 0 spiro atoms. The highest BCUT2D eigenvalue weighted by atomic mass is 35.5. The van der Waals surface area contributed by atoms with Crippen molar-refractivity contribution in [1.82, 2.24) is 29.1 Å². The van der Waals surface area contributed by atoms with E-state index in [-0.39, 0.29) is 34.3 Å². The van der Waals surface area contributed by atoms with Gasteiger partial charge in [0.1, 0.15) is 10.2 Å². The van der Waals surface area contributed by atoms with E-state index in [1.54, 1.807) is 20.0 Å². The number of benzene rings is 1. The fourth-order valence-electron chi connectivity index (χ4n) is 4.15. The number of aromatic nitrogens is 6. The van der Waals surface area contributed by atoms with Gasteiger partial charge in [0.25, 0.3) is 5.56 Å². The van der Waals surface area contributed by atoms with Crippen molar-refractivity contribution in [3.05, 3.63) is 61.8 Å². The van der Waals surface area contributed by atoms with Gasteiger partial charge in [0.05, 0.1) is 42.0 Å². The SMILES string of the molecule is COc1cc(-c2cc3c(s2)c(=O)n(-c2nncc4c(C)nn(C)c24)c(=O)n3CCC#N)c(Cl)cc1F. The lowest BCUT2D eigenvalue weighted by atomic mass is 10.1. The number of nitriles is 1. The zero-order valence-corrected chi connectivity index (χ0v) is 20.8. The summed E-state index contributed by atoms with van der Waals surface area (Å²) in [6.07, 6.45) is 1.55. The molecule has 13 heteroatoms. The average Bonchev–Trinajstić information content (AvgIpc) is 3.41. The van der Waals surface area contributed by atoms with Crippen LogP contribution in [0.25, 0.3) is 37.4 Å². The normalized spacial score (nSPS) is 11.3. The molecule has 0 saturated heterocycles. The average molecular weight is 526 g/mol. The Morgan fingerprint density at radius 1 is 1.28 bits per heavy atom. The zero-order valence-electron chi connectivity index (χ0n) is 19.2. The van der Waals surface area contributed by atoms with Gasteiger partial charge in [-0.3, -0.25) is 14.0 Å². The lowest BCUT2D eigenvalue weighted by molar-refractivity contribution is 0.387. The summed E-state index contributed by atoms with van der Waals surface area (Å²) < 4.78 is 23.3. The van der Waals surface area contributed by atoms with Gasteiger partial charge in [-0.2, -0.15) is 15.5 Å². The standard InChI is InChI=1S/C23H17ClFN7O3S/c1-11-13-10-27-28-21(19(13)30(2)29-11)32-22(33)20-16(31(23(32)34)6-4-5-26)9-18(36-20)12-7-17(35-3)15(25)8-14(12)24/h7-10H,4,6H2,1-3H3. The van der Waals surface area contributed by atoms with E-state index in [9.17, 15) is 19.2 Å². The van der Waals surface area contributed by atoms with Crippen LogP contribution in [-0.4, -0.2) is 36.2 Å². The highest BCUT2D eigenvalue weighted by Crippen LogP contribution is 2.39. The Morgan fingerprint density at radius 2 is 2.06 bits per heavy atom. The third kappa shape index (κ3) is 3.55. The molecule has 10 nitrogen and oxygen atoms in total. The number of methoxy groups -OCH3 is 1. The van der Waals surface area contributed by atoms with Crippen LogP contribution in [0.1, 0.15) is 12.1 Å². The maximum absolute atomic E-state index is 14.1. The highest BCUT2D eigenvalue weighted by molar-refractivity contribution is 7.22. The minimum Gasteiger partial charge on any atom is -0.494 e. The van der Waals surface area contributed by atoms with Gasteiger partial charge in [0, 0.05) is 29.4 Å². The molecule has 0 radical (unpaired) electrons. The summed E-state index contributed by atoms with van der Waals surface area (Å²) in [5, 5.41) is 22.4. The molecule has 0 atom stereocenters. The van der Waals surface area contributed by atoms with Gasteiger partial charge in [-0.15, -0.1) is 16.4 Å². The van der Waals surface area contributed by atoms with E-state index in [1.807, 2.05) is 6.07 Å². The molecule has 36 heavy (non-hydrogen) atoms. The van der Waals surface area contributed by atoms with Crippen molar-refractivity contribution >= 4 is 44.1 Å². The quantitative estimate of drug-likeness (QED) is 0.344. The Morgan fingerprint density at radius 3 is 2.78 bits per heavy atom. The van der Waals surface area contributed by atoms with Crippen LogP contribution >= 0.6 is 22.9 Å². The van der Waals surface area contributed by atoms with Gasteiger partial charge in [-0.1, -0.05) is 11.6 Å². The molecule has 0 N–H and O–H groups in total. The molecule has 5 aromatic rings. The van der Waals surface area contributed by atoms with Crippen molar-refractivity contribution in [2.75, 3.05) is 7.11 Å². The van der Waals surface area contributed by atoms with Crippen LogP contribution in [0.5, 0.6) is 5.75 Å². The second-order valence-electron chi connectivity index (χ2n) is 7.91. The van der Waals surface area contributed by atoms with Gasteiger partial charge in [-0.25, -0.2) is 13.8 Å². The van der Waals surface area contributed by atoms with E-state index in [2.05, 4.69) is 15.3 Å². The third-order valence-corrected chi connectivity index (χ3v) is 7.27. The molecule has 0 aliphatic carbocycles. The molecule has 0 saturated carbocycles. The van der Waals surface area contributed by atoms with E-state index in [0.29, 0.717) is 32.6 Å². The van der Waals surface area contributed by atoms with Gasteiger partial charge >= 0.3 is 5.69 Å². The molecule has 0 amide bonds. The molecule has 4 heterocycles. The van der Waals surface area contributed by atoms with Crippen LogP contribution in [0.4, 0.5) is 4.39 Å². The van der Waals surface area contributed by atoms with Crippen molar-refractivity contribution in [1.29, 1.82) is 5.26 Å². The summed E-state index contributed by atoms with van der Waals surface area (Å²) in [7, 11) is 3.02. The number of ether oxygens (including phenoxy) is 1. The van der Waals surface area contributed by atoms with Gasteiger partial charge in [-0.05, 0) is 25.1 Å². The molecule has 0 unspecified atom stereocenters. The minimum absolute atomic E-state index is 0.0142. The zero-order chi connectivity index (χ0) is 25.7. The summed E-state index contributed by atoms with van der Waals surface area (Å²) in [5.74, 6) is -0.604. The van der Waals surface area contributed by atoms with E-state index < -0.39 is 17.1 Å². The Hall–Kier alpha value is -4.08.